The first kappa shape index (κ1) is 19.5. The lowest BCUT2D eigenvalue weighted by Crippen LogP contribution is -2.44. The van der Waals surface area contributed by atoms with Crippen LogP contribution >= 0.6 is 0 Å². The fourth-order valence-electron chi connectivity index (χ4n) is 5.02. The summed E-state index contributed by atoms with van der Waals surface area (Å²) in [7, 11) is 0. The van der Waals surface area contributed by atoms with Crippen molar-refractivity contribution in [2.45, 2.75) is 30.9 Å². The lowest BCUT2D eigenvalue weighted by molar-refractivity contribution is 0.0692. The molecule has 1 fully saturated rings. The number of benzene rings is 2. The van der Waals surface area contributed by atoms with Crippen LogP contribution in [0.15, 0.2) is 53.5 Å². The van der Waals surface area contributed by atoms with Gasteiger partial charge in [0.05, 0.1) is 12.6 Å². The molecule has 3 heterocycles. The lowest BCUT2D eigenvalue weighted by atomic mass is 9.88. The van der Waals surface area contributed by atoms with Crippen LogP contribution in [0.25, 0.3) is 0 Å². The van der Waals surface area contributed by atoms with E-state index in [0.29, 0.717) is 12.6 Å². The van der Waals surface area contributed by atoms with E-state index < -0.39 is 0 Å². The van der Waals surface area contributed by atoms with E-state index in [1.807, 2.05) is 12.1 Å². The topological polar surface area (TPSA) is 48.3 Å². The zero-order valence-corrected chi connectivity index (χ0v) is 17.1. The highest BCUT2D eigenvalue weighted by molar-refractivity contribution is 5.78. The number of amidine groups is 1. The Morgan fingerprint density at radius 2 is 1.97 bits per heavy atom. The molecule has 2 aromatic carbocycles. The number of hydrogen-bond donors (Lipinski definition) is 1. The van der Waals surface area contributed by atoms with E-state index >= 15 is 0 Å². The van der Waals surface area contributed by atoms with Gasteiger partial charge in [-0.1, -0.05) is 36.4 Å². The molecule has 3 aliphatic rings. The molecule has 1 saturated heterocycles. The number of likely N-dealkylation sites (tertiary alicyclic amines) is 1. The molecule has 2 aromatic rings. The van der Waals surface area contributed by atoms with Gasteiger partial charge in [0.25, 0.3) is 6.02 Å². The Labute approximate surface area is 176 Å². The van der Waals surface area contributed by atoms with Crippen LogP contribution in [-0.2, 0) is 11.2 Å². The van der Waals surface area contributed by atoms with E-state index in [1.54, 1.807) is 0 Å². The molecule has 3 aliphatic heterocycles. The molecule has 0 bridgehead atoms. The number of hydrogen-bond acceptors (Lipinski definition) is 5. The van der Waals surface area contributed by atoms with E-state index in [1.165, 1.54) is 23.3 Å². The molecule has 0 aliphatic carbocycles. The van der Waals surface area contributed by atoms with Crippen LogP contribution in [0.1, 0.15) is 35.6 Å². The van der Waals surface area contributed by atoms with Gasteiger partial charge in [0.15, 0.2) is 0 Å². The molecule has 30 heavy (non-hydrogen) atoms. The maximum atomic E-state index is 13.6. The Bertz CT molecular complexity index is 932. The minimum absolute atomic E-state index is 0.0312. The lowest BCUT2D eigenvalue weighted by Gasteiger charge is -2.39. The Kier molecular flexibility index (Phi) is 5.21. The van der Waals surface area contributed by atoms with Crippen molar-refractivity contribution < 1.29 is 14.2 Å². The number of halogens is 1. The van der Waals surface area contributed by atoms with Crippen LogP contribution < -0.4 is 0 Å². The van der Waals surface area contributed by atoms with Gasteiger partial charge in [0.1, 0.15) is 11.4 Å². The van der Waals surface area contributed by atoms with Gasteiger partial charge < -0.3 is 14.7 Å². The van der Waals surface area contributed by atoms with Crippen molar-refractivity contribution in [3.8, 4) is 0 Å². The second-order valence-electron chi connectivity index (χ2n) is 8.58. The molecule has 0 aromatic heterocycles. The monoisotopic (exact) mass is 409 g/mol. The van der Waals surface area contributed by atoms with E-state index in [-0.39, 0.29) is 24.1 Å². The number of aliphatic hydroxyl groups excluding tert-OH is 1. The molecule has 5 rings (SSSR count). The molecule has 2 atom stereocenters. The molecule has 5 nitrogen and oxygen atoms in total. The number of ether oxygens (including phenoxy) is 1. The van der Waals surface area contributed by atoms with Gasteiger partial charge >= 0.3 is 0 Å². The number of fused-ring (bicyclic) bond motifs is 1. The number of rotatable bonds is 4. The van der Waals surface area contributed by atoms with Gasteiger partial charge in [-0.2, -0.15) is 0 Å². The van der Waals surface area contributed by atoms with Gasteiger partial charge in [0.2, 0.25) is 0 Å². The highest BCUT2D eigenvalue weighted by atomic mass is 19.1. The third-order valence-corrected chi connectivity index (χ3v) is 6.55. The highest BCUT2D eigenvalue weighted by Crippen LogP contribution is 2.39. The van der Waals surface area contributed by atoms with Crippen molar-refractivity contribution in [1.82, 2.24) is 9.80 Å². The summed E-state index contributed by atoms with van der Waals surface area (Å²) in [5, 5.41) is 9.12. The van der Waals surface area contributed by atoms with Crippen molar-refractivity contribution in [2.24, 2.45) is 4.99 Å². The maximum absolute atomic E-state index is 13.6. The Balaban J connectivity index is 1.40. The van der Waals surface area contributed by atoms with E-state index in [4.69, 9.17) is 14.8 Å². The third-order valence-electron chi connectivity index (χ3n) is 6.55. The standard InChI is InChI=1S/C24H28FN3O2/c25-20-8-6-19(7-9-20)22-21-5-2-1-4-18(21)10-13-28(22)23-26-16-24(30-23)11-14-27(17-24)12-3-15-29/h1-2,4-9,22,29H,3,10-17H2/t22-,24+/m0/s1. The van der Waals surface area contributed by atoms with E-state index in [9.17, 15) is 4.39 Å². The summed E-state index contributed by atoms with van der Waals surface area (Å²) >= 11 is 0. The molecule has 0 unspecified atom stereocenters. The summed E-state index contributed by atoms with van der Waals surface area (Å²) in [6, 6.07) is 15.9. The van der Waals surface area contributed by atoms with Crippen LogP contribution in [0.5, 0.6) is 0 Å². The Morgan fingerprint density at radius 1 is 1.13 bits per heavy atom. The van der Waals surface area contributed by atoms with Crippen molar-refractivity contribution in [2.75, 3.05) is 39.3 Å². The van der Waals surface area contributed by atoms with Crippen LogP contribution in [0, 0.1) is 5.82 Å². The largest absolute Gasteiger partial charge is 0.455 e. The first-order valence-electron chi connectivity index (χ1n) is 10.8. The van der Waals surface area contributed by atoms with Gasteiger partial charge in [-0.15, -0.1) is 0 Å². The number of aliphatic imine (C=N–C) groups is 1. The van der Waals surface area contributed by atoms with Crippen LogP contribution in [0.4, 0.5) is 4.39 Å². The molecule has 1 spiro atoms. The summed E-state index contributed by atoms with van der Waals surface area (Å²) in [5.41, 5.74) is 3.35. The first-order chi connectivity index (χ1) is 14.7. The molecule has 0 saturated carbocycles. The molecule has 6 heteroatoms. The molecule has 1 N–H and O–H groups in total. The predicted molar refractivity (Wildman–Crippen MR) is 114 cm³/mol. The Hall–Kier alpha value is -2.44. The fraction of sp³-hybridized carbons (Fsp3) is 0.458. The van der Waals surface area contributed by atoms with Crippen LogP contribution in [-0.4, -0.2) is 65.9 Å². The van der Waals surface area contributed by atoms with Gasteiger partial charge in [-0.3, -0.25) is 4.90 Å². The fourth-order valence-corrected chi connectivity index (χ4v) is 5.02. The van der Waals surface area contributed by atoms with E-state index in [2.05, 4.69) is 34.1 Å². The van der Waals surface area contributed by atoms with Crippen LogP contribution in [0.2, 0.25) is 0 Å². The zero-order valence-electron chi connectivity index (χ0n) is 17.1. The Morgan fingerprint density at radius 3 is 2.80 bits per heavy atom. The summed E-state index contributed by atoms with van der Waals surface area (Å²) < 4.78 is 20.1. The average Bonchev–Trinajstić information content (AvgIpc) is 3.38. The average molecular weight is 410 g/mol. The minimum atomic E-state index is -0.255. The summed E-state index contributed by atoms with van der Waals surface area (Å²) in [6.07, 6.45) is 2.68. The van der Waals surface area contributed by atoms with Crippen LogP contribution in [0.3, 0.4) is 0 Å². The second kappa shape index (κ2) is 8.00. The number of nitrogens with zero attached hydrogens (tertiary/aromatic N) is 3. The molecule has 158 valence electrons. The summed E-state index contributed by atoms with van der Waals surface area (Å²) in [4.78, 5) is 9.46. The van der Waals surface area contributed by atoms with Crippen molar-refractivity contribution in [1.29, 1.82) is 0 Å². The van der Waals surface area contributed by atoms with Gasteiger partial charge in [-0.25, -0.2) is 9.38 Å². The summed E-state index contributed by atoms with van der Waals surface area (Å²) in [6.45, 7) is 4.44. The van der Waals surface area contributed by atoms with E-state index in [0.717, 1.165) is 51.0 Å². The number of aliphatic hydroxyl groups is 1. The smallest absolute Gasteiger partial charge is 0.288 e. The summed E-state index contributed by atoms with van der Waals surface area (Å²) in [5.74, 6) is -0.225. The second-order valence-corrected chi connectivity index (χ2v) is 8.58. The van der Waals surface area contributed by atoms with Gasteiger partial charge in [-0.05, 0) is 41.7 Å². The third kappa shape index (κ3) is 3.59. The minimum Gasteiger partial charge on any atom is -0.455 e. The van der Waals surface area contributed by atoms with Crippen molar-refractivity contribution in [3.63, 3.8) is 0 Å². The zero-order chi connectivity index (χ0) is 20.6. The molecular weight excluding hydrogens is 381 g/mol. The highest BCUT2D eigenvalue weighted by Gasteiger charge is 2.46. The SMILES string of the molecule is OCCCN1CC[C@@]2(CN=C(N3CCc4ccccc4[C@@H]3c3ccc(F)cc3)O2)C1. The maximum Gasteiger partial charge on any atom is 0.288 e. The molecule has 0 radical (unpaired) electrons. The normalized spacial score (nSPS) is 26.0. The molecule has 0 amide bonds. The van der Waals surface area contributed by atoms with Crippen molar-refractivity contribution in [3.05, 3.63) is 71.0 Å². The predicted octanol–water partition coefficient (Wildman–Crippen LogP) is 2.99. The molecular formula is C24H28FN3O2. The van der Waals surface area contributed by atoms with Crippen molar-refractivity contribution >= 4 is 6.02 Å². The first-order valence-corrected chi connectivity index (χ1v) is 10.8. The quantitative estimate of drug-likeness (QED) is 0.844. The van der Waals surface area contributed by atoms with Gasteiger partial charge in [0, 0.05) is 39.2 Å².